The average molecular weight is 402 g/mol. The van der Waals surface area contributed by atoms with Crippen molar-refractivity contribution in [3.05, 3.63) is 76.7 Å². The van der Waals surface area contributed by atoms with Gasteiger partial charge < -0.3 is 19.9 Å². The van der Waals surface area contributed by atoms with Gasteiger partial charge in [0.1, 0.15) is 17.4 Å². The van der Waals surface area contributed by atoms with Gasteiger partial charge in [-0.3, -0.25) is 5.10 Å². The first kappa shape index (κ1) is 19.1. The number of carbonyl (C=O) groups excluding carboxylic acids is 1. The van der Waals surface area contributed by atoms with Gasteiger partial charge in [0.15, 0.2) is 0 Å². The Kier molecular flexibility index (Phi) is 4.86. The fraction of sp³-hybridized carbons (Fsp3) is 0.136. The number of nitriles is 1. The van der Waals surface area contributed by atoms with E-state index < -0.39 is 11.9 Å². The fourth-order valence-corrected chi connectivity index (χ4v) is 3.51. The highest BCUT2D eigenvalue weighted by molar-refractivity contribution is 5.89. The second-order valence-corrected chi connectivity index (χ2v) is 6.59. The Hall–Kier alpha value is -4.25. The van der Waals surface area contributed by atoms with Crippen molar-refractivity contribution in [2.24, 2.45) is 5.73 Å². The van der Waals surface area contributed by atoms with Crippen LogP contribution in [0.3, 0.4) is 0 Å². The zero-order chi connectivity index (χ0) is 21.3. The van der Waals surface area contributed by atoms with Crippen molar-refractivity contribution >= 4 is 5.97 Å². The topological polar surface area (TPSA) is 123 Å². The number of esters is 1. The number of fused-ring (bicyclic) bond motifs is 1. The first-order valence-electron chi connectivity index (χ1n) is 9.06. The third-order valence-electron chi connectivity index (χ3n) is 4.96. The molecule has 150 valence electrons. The van der Waals surface area contributed by atoms with E-state index in [0.29, 0.717) is 28.5 Å². The van der Waals surface area contributed by atoms with Crippen LogP contribution in [0.25, 0.3) is 11.3 Å². The van der Waals surface area contributed by atoms with Crippen molar-refractivity contribution < 1.29 is 19.0 Å². The van der Waals surface area contributed by atoms with Crippen LogP contribution >= 0.6 is 0 Å². The molecule has 2 aromatic carbocycles. The number of nitrogens with one attached hydrogen (secondary N) is 1. The van der Waals surface area contributed by atoms with Crippen LogP contribution in [-0.2, 0) is 4.74 Å². The summed E-state index contributed by atoms with van der Waals surface area (Å²) in [5, 5.41) is 17.0. The number of benzene rings is 2. The van der Waals surface area contributed by atoms with E-state index in [-0.39, 0.29) is 11.5 Å². The summed E-state index contributed by atoms with van der Waals surface area (Å²) in [6.45, 7) is 0. The molecule has 1 aliphatic heterocycles. The third kappa shape index (κ3) is 3.12. The van der Waals surface area contributed by atoms with Gasteiger partial charge in [-0.1, -0.05) is 24.3 Å². The van der Waals surface area contributed by atoms with Gasteiger partial charge in [-0.05, 0) is 29.8 Å². The molecule has 4 rings (SSSR count). The van der Waals surface area contributed by atoms with Crippen LogP contribution in [0, 0.1) is 11.3 Å². The van der Waals surface area contributed by atoms with E-state index in [0.717, 1.165) is 11.1 Å². The number of nitrogens with zero attached hydrogens (tertiary/aromatic N) is 2. The number of hydrogen-bond acceptors (Lipinski definition) is 7. The number of aromatic nitrogens is 2. The highest BCUT2D eigenvalue weighted by atomic mass is 16.5. The van der Waals surface area contributed by atoms with Crippen LogP contribution in [0.5, 0.6) is 11.6 Å². The summed E-state index contributed by atoms with van der Waals surface area (Å²) in [5.74, 6) is 0.0137. The zero-order valence-electron chi connectivity index (χ0n) is 16.3. The molecule has 0 aliphatic carbocycles. The van der Waals surface area contributed by atoms with Crippen molar-refractivity contribution in [1.29, 1.82) is 5.26 Å². The maximum absolute atomic E-state index is 11.8. The first-order valence-corrected chi connectivity index (χ1v) is 9.06. The highest BCUT2D eigenvalue weighted by Gasteiger charge is 2.35. The quantitative estimate of drug-likeness (QED) is 0.643. The Morgan fingerprint density at radius 3 is 2.67 bits per heavy atom. The smallest absolute Gasteiger partial charge is 0.337 e. The summed E-state index contributed by atoms with van der Waals surface area (Å²) in [6, 6.07) is 16.4. The summed E-state index contributed by atoms with van der Waals surface area (Å²) in [7, 11) is 2.91. The molecule has 8 nitrogen and oxygen atoms in total. The minimum absolute atomic E-state index is 0.00395. The number of nitrogens with two attached hydrogens (primary N) is 1. The summed E-state index contributed by atoms with van der Waals surface area (Å²) in [4.78, 5) is 11.8. The molecule has 0 radical (unpaired) electrons. The molecule has 3 aromatic rings. The summed E-state index contributed by atoms with van der Waals surface area (Å²) >= 11 is 0. The van der Waals surface area contributed by atoms with Crippen LogP contribution in [0.15, 0.2) is 60.0 Å². The maximum Gasteiger partial charge on any atom is 0.337 e. The summed E-state index contributed by atoms with van der Waals surface area (Å²) in [6.07, 6.45) is 0. The van der Waals surface area contributed by atoms with Crippen molar-refractivity contribution in [3.8, 4) is 29.0 Å². The van der Waals surface area contributed by atoms with Crippen LogP contribution in [0.4, 0.5) is 0 Å². The Balaban J connectivity index is 1.87. The largest absolute Gasteiger partial charge is 0.497 e. The molecule has 0 unspecified atom stereocenters. The van der Waals surface area contributed by atoms with E-state index in [1.54, 1.807) is 31.4 Å². The number of hydrogen-bond donors (Lipinski definition) is 2. The SMILES string of the molecule is COC(=O)c1ccc([C@H]2C(C#N)=C(N)Oc3n[nH]c(-c4cccc(OC)c4)c32)cc1. The molecule has 30 heavy (non-hydrogen) atoms. The number of methoxy groups -OCH3 is 2. The molecule has 2 heterocycles. The first-order chi connectivity index (χ1) is 14.6. The van der Waals surface area contributed by atoms with Crippen LogP contribution < -0.4 is 15.2 Å². The normalized spacial score (nSPS) is 15.0. The van der Waals surface area contributed by atoms with Crippen molar-refractivity contribution in [2.45, 2.75) is 5.92 Å². The molecule has 1 aromatic heterocycles. The molecular formula is C22H18N4O4. The number of allylic oxidation sites excluding steroid dienone is 1. The van der Waals surface area contributed by atoms with Gasteiger partial charge in [-0.15, -0.1) is 5.10 Å². The molecule has 3 N–H and O–H groups in total. The predicted molar refractivity (Wildman–Crippen MR) is 108 cm³/mol. The third-order valence-corrected chi connectivity index (χ3v) is 4.96. The van der Waals surface area contributed by atoms with E-state index in [1.807, 2.05) is 24.3 Å². The number of ether oxygens (including phenoxy) is 3. The molecule has 0 amide bonds. The summed E-state index contributed by atoms with van der Waals surface area (Å²) < 4.78 is 15.7. The van der Waals surface area contributed by atoms with Gasteiger partial charge in [0.05, 0.1) is 37.0 Å². The second-order valence-electron chi connectivity index (χ2n) is 6.59. The Morgan fingerprint density at radius 1 is 1.23 bits per heavy atom. The van der Waals surface area contributed by atoms with E-state index in [1.165, 1.54) is 7.11 Å². The predicted octanol–water partition coefficient (Wildman–Crippen LogP) is 3.09. The lowest BCUT2D eigenvalue weighted by atomic mass is 9.83. The van der Waals surface area contributed by atoms with E-state index in [4.69, 9.17) is 19.9 Å². The molecule has 1 aliphatic rings. The van der Waals surface area contributed by atoms with E-state index in [9.17, 15) is 10.1 Å². The zero-order valence-corrected chi connectivity index (χ0v) is 16.3. The van der Waals surface area contributed by atoms with Crippen LogP contribution in [-0.4, -0.2) is 30.4 Å². The number of H-pyrrole nitrogens is 1. The van der Waals surface area contributed by atoms with Gasteiger partial charge >= 0.3 is 5.97 Å². The number of rotatable bonds is 4. The Labute approximate surface area is 172 Å². The second kappa shape index (κ2) is 7.64. The standard InChI is InChI=1S/C22H18N4O4/c1-28-15-5-3-4-14(10-15)19-18-17(12-6-8-13(9-7-12)22(27)29-2)16(11-23)20(24)30-21(18)26-25-19/h3-10,17H,24H2,1-2H3,(H,25,26)/t17-/m0/s1. The average Bonchev–Trinajstić information content (AvgIpc) is 3.21. The lowest BCUT2D eigenvalue weighted by Gasteiger charge is -2.24. The van der Waals surface area contributed by atoms with Crippen molar-refractivity contribution in [1.82, 2.24) is 10.2 Å². The van der Waals surface area contributed by atoms with Crippen molar-refractivity contribution in [3.63, 3.8) is 0 Å². The van der Waals surface area contributed by atoms with Gasteiger partial charge in [0.2, 0.25) is 11.8 Å². The highest BCUT2D eigenvalue weighted by Crippen LogP contribution is 2.45. The van der Waals surface area contributed by atoms with Gasteiger partial charge in [0, 0.05) is 5.56 Å². The molecule has 0 saturated carbocycles. The van der Waals surface area contributed by atoms with Crippen LogP contribution in [0.1, 0.15) is 27.4 Å². The van der Waals surface area contributed by atoms with Gasteiger partial charge in [0.25, 0.3) is 0 Å². The monoisotopic (exact) mass is 402 g/mol. The fourth-order valence-electron chi connectivity index (χ4n) is 3.51. The molecule has 1 atom stereocenters. The molecule has 0 saturated heterocycles. The molecule has 0 fully saturated rings. The minimum Gasteiger partial charge on any atom is -0.497 e. The molecular weight excluding hydrogens is 384 g/mol. The van der Waals surface area contributed by atoms with Crippen molar-refractivity contribution in [2.75, 3.05) is 14.2 Å². The lowest BCUT2D eigenvalue weighted by molar-refractivity contribution is 0.0600. The minimum atomic E-state index is -0.523. The summed E-state index contributed by atoms with van der Waals surface area (Å²) in [5.41, 5.74) is 9.63. The lowest BCUT2D eigenvalue weighted by Crippen LogP contribution is -2.21. The Bertz CT molecular complexity index is 1190. The van der Waals surface area contributed by atoms with E-state index in [2.05, 4.69) is 16.3 Å². The van der Waals surface area contributed by atoms with Crippen LogP contribution in [0.2, 0.25) is 0 Å². The Morgan fingerprint density at radius 2 is 2.00 bits per heavy atom. The molecule has 0 spiro atoms. The number of aromatic amines is 1. The molecule has 8 heteroatoms. The van der Waals surface area contributed by atoms with Gasteiger partial charge in [-0.25, -0.2) is 4.79 Å². The van der Waals surface area contributed by atoms with Gasteiger partial charge in [-0.2, -0.15) is 5.26 Å². The number of carbonyl (C=O) groups is 1. The maximum atomic E-state index is 11.8. The molecule has 0 bridgehead atoms. The van der Waals surface area contributed by atoms with E-state index >= 15 is 0 Å².